The Morgan fingerprint density at radius 2 is 0.530 bits per heavy atom. The lowest BCUT2D eigenvalue weighted by molar-refractivity contribution is 0.626. The molecule has 3 nitrogen and oxygen atoms in total. The van der Waals surface area contributed by atoms with Gasteiger partial charge in [-0.25, -0.2) is 9.97 Å². The molecule has 3 heteroatoms. The molecule has 0 aliphatic rings. The Bertz CT molecular complexity index is 2870. The van der Waals surface area contributed by atoms with Gasteiger partial charge in [0.05, 0.1) is 17.1 Å². The predicted molar refractivity (Wildman–Crippen MR) is 276 cm³/mol. The summed E-state index contributed by atoms with van der Waals surface area (Å²) in [7, 11) is 0. The van der Waals surface area contributed by atoms with Crippen LogP contribution in [0, 0.1) is 0 Å². The molecule has 0 saturated carbocycles. The van der Waals surface area contributed by atoms with Crippen molar-refractivity contribution in [1.29, 1.82) is 0 Å². The van der Waals surface area contributed by atoms with E-state index in [4.69, 9.17) is 15.0 Å². The molecule has 0 saturated heterocycles. The largest absolute Gasteiger partial charge is 0.255 e. The van der Waals surface area contributed by atoms with E-state index >= 15 is 0 Å². The lowest BCUT2D eigenvalue weighted by atomic mass is 9.74. The molecule has 0 fully saturated rings. The summed E-state index contributed by atoms with van der Waals surface area (Å²) in [5.41, 5.74) is 16.3. The molecule has 2 heterocycles. The van der Waals surface area contributed by atoms with E-state index in [-0.39, 0.29) is 21.7 Å². The molecule has 9 aromatic rings. The van der Waals surface area contributed by atoms with Gasteiger partial charge in [-0.3, -0.25) is 4.98 Å². The van der Waals surface area contributed by atoms with Gasteiger partial charge >= 0.3 is 0 Å². The van der Waals surface area contributed by atoms with Crippen LogP contribution in [0.15, 0.2) is 212 Å². The zero-order chi connectivity index (χ0) is 46.1. The van der Waals surface area contributed by atoms with Crippen molar-refractivity contribution >= 4 is 0 Å². The molecule has 0 amide bonds. The number of hydrogen-bond donors (Lipinski definition) is 0. The van der Waals surface area contributed by atoms with Crippen LogP contribution in [-0.2, 0) is 21.7 Å². The number of benzene rings is 7. The second-order valence-electron chi connectivity index (χ2n) is 19.8. The molecule has 2 aromatic heterocycles. The van der Waals surface area contributed by atoms with Crippen molar-refractivity contribution in [3.8, 4) is 45.2 Å². The Morgan fingerprint density at radius 1 is 0.258 bits per heavy atom. The molecule has 326 valence electrons. The average molecular weight is 858 g/mol. The van der Waals surface area contributed by atoms with Gasteiger partial charge in [-0.15, -0.1) is 0 Å². The van der Waals surface area contributed by atoms with Crippen molar-refractivity contribution in [2.75, 3.05) is 0 Å². The third-order valence-corrected chi connectivity index (χ3v) is 14.3. The zero-order valence-corrected chi connectivity index (χ0v) is 39.5. The van der Waals surface area contributed by atoms with E-state index in [0.29, 0.717) is 5.82 Å². The van der Waals surface area contributed by atoms with Crippen LogP contribution in [0.2, 0.25) is 0 Å². The maximum atomic E-state index is 5.20. The molecule has 0 aliphatic carbocycles. The average Bonchev–Trinajstić information content (AvgIpc) is 3.37. The monoisotopic (exact) mass is 857 g/mol. The van der Waals surface area contributed by atoms with E-state index < -0.39 is 0 Å². The summed E-state index contributed by atoms with van der Waals surface area (Å²) in [5.74, 6) is 0.639. The molecule has 0 atom stereocenters. The van der Waals surface area contributed by atoms with E-state index in [2.05, 4.69) is 243 Å². The topological polar surface area (TPSA) is 38.7 Å². The molecule has 0 bridgehead atoms. The summed E-state index contributed by atoms with van der Waals surface area (Å²) >= 11 is 0. The fraction of sp³-hybridized carbons (Fsp3) is 0.190. The highest BCUT2D eigenvalue weighted by Gasteiger charge is 2.28. The summed E-state index contributed by atoms with van der Waals surface area (Å²) in [5, 5.41) is 0. The van der Waals surface area contributed by atoms with Crippen molar-refractivity contribution in [1.82, 2.24) is 15.0 Å². The minimum atomic E-state index is -0.210. The van der Waals surface area contributed by atoms with Crippen molar-refractivity contribution in [2.45, 2.75) is 77.0 Å². The maximum Gasteiger partial charge on any atom is 0.161 e. The van der Waals surface area contributed by atoms with Gasteiger partial charge < -0.3 is 0 Å². The van der Waals surface area contributed by atoms with Crippen LogP contribution in [0.3, 0.4) is 0 Å². The minimum absolute atomic E-state index is 0.0900. The van der Waals surface area contributed by atoms with Crippen LogP contribution >= 0.6 is 0 Å². The molecular formula is C63H59N3. The molecule has 0 spiro atoms. The Kier molecular flexibility index (Phi) is 11.8. The third kappa shape index (κ3) is 8.66. The molecule has 0 aliphatic heterocycles. The van der Waals surface area contributed by atoms with E-state index in [1.54, 1.807) is 0 Å². The lowest BCUT2D eigenvalue weighted by Crippen LogP contribution is -2.21. The van der Waals surface area contributed by atoms with Gasteiger partial charge in [-0.1, -0.05) is 243 Å². The number of aromatic nitrogens is 3. The quantitative estimate of drug-likeness (QED) is 0.123. The number of hydrogen-bond acceptors (Lipinski definition) is 3. The van der Waals surface area contributed by atoms with Crippen molar-refractivity contribution in [2.24, 2.45) is 0 Å². The second-order valence-corrected chi connectivity index (χ2v) is 19.8. The first-order valence-corrected chi connectivity index (χ1v) is 23.2. The molecule has 9 rings (SSSR count). The standard InChI is InChI=1S/C63H59N3/c1-60(2,48-20-14-10-15-21-48)52-33-37-54(38-34-52)62(5,6)50-29-24-45(25-30-50)57-42-58(66-59(65-57)47-28-41-56(64-43-47)44-18-12-9-13-19-44)46-26-31-51(32-27-46)63(7,8)55-39-35-53(36-40-55)61(3,4)49-22-16-11-17-23-49/h9-43H,1-8H3. The molecule has 7 aromatic carbocycles. The van der Waals surface area contributed by atoms with Crippen LogP contribution in [0.1, 0.15) is 99.9 Å². The van der Waals surface area contributed by atoms with Crippen LogP contribution in [0.25, 0.3) is 45.2 Å². The van der Waals surface area contributed by atoms with Gasteiger partial charge in [-0.2, -0.15) is 0 Å². The Morgan fingerprint density at radius 3 is 0.848 bits per heavy atom. The summed E-state index contributed by atoms with van der Waals surface area (Å²) < 4.78 is 0. The predicted octanol–water partition coefficient (Wildman–Crippen LogP) is 15.8. The fourth-order valence-corrected chi connectivity index (χ4v) is 9.28. The molecule has 0 unspecified atom stereocenters. The highest BCUT2D eigenvalue weighted by Crippen LogP contribution is 2.39. The Labute approximate surface area is 392 Å². The van der Waals surface area contributed by atoms with E-state index in [1.807, 2.05) is 24.4 Å². The van der Waals surface area contributed by atoms with Crippen LogP contribution < -0.4 is 0 Å². The normalized spacial score (nSPS) is 12.2. The Balaban J connectivity index is 1.02. The lowest BCUT2D eigenvalue weighted by Gasteiger charge is -2.29. The van der Waals surface area contributed by atoms with Gasteiger partial charge in [0.2, 0.25) is 0 Å². The highest BCUT2D eigenvalue weighted by molar-refractivity contribution is 5.73. The summed E-state index contributed by atoms with van der Waals surface area (Å²) in [6.07, 6.45) is 1.89. The second kappa shape index (κ2) is 17.6. The Hall–Kier alpha value is -7.23. The number of rotatable bonds is 12. The van der Waals surface area contributed by atoms with Crippen molar-refractivity contribution < 1.29 is 0 Å². The summed E-state index contributed by atoms with van der Waals surface area (Å²) in [4.78, 5) is 15.2. The minimum Gasteiger partial charge on any atom is -0.255 e. The van der Waals surface area contributed by atoms with Crippen LogP contribution in [0.5, 0.6) is 0 Å². The molecule has 0 radical (unpaired) electrons. The smallest absolute Gasteiger partial charge is 0.161 e. The fourth-order valence-electron chi connectivity index (χ4n) is 9.28. The van der Waals surface area contributed by atoms with Gasteiger partial charge in [0.25, 0.3) is 0 Å². The molecular weight excluding hydrogens is 799 g/mol. The van der Waals surface area contributed by atoms with E-state index in [1.165, 1.54) is 44.5 Å². The van der Waals surface area contributed by atoms with Crippen molar-refractivity contribution in [3.05, 3.63) is 257 Å². The SMILES string of the molecule is CC(C)(c1ccccc1)c1ccc(C(C)(C)c2ccc(-c3cc(-c4ccc(C(C)(C)c5ccc(C(C)(C)c6ccccc6)cc5)cc4)nc(-c4ccc(-c5ccccc5)nc4)n3)cc2)cc1. The first-order valence-electron chi connectivity index (χ1n) is 23.2. The van der Waals surface area contributed by atoms with Gasteiger partial charge in [0.15, 0.2) is 5.82 Å². The van der Waals surface area contributed by atoms with Gasteiger partial charge in [0, 0.05) is 50.1 Å². The number of nitrogens with zero attached hydrogens (tertiary/aromatic N) is 3. The van der Waals surface area contributed by atoms with Crippen molar-refractivity contribution in [3.63, 3.8) is 0 Å². The summed E-state index contributed by atoms with van der Waals surface area (Å²) in [6.45, 7) is 18.4. The van der Waals surface area contributed by atoms with E-state index in [0.717, 1.165) is 39.3 Å². The first kappa shape index (κ1) is 44.0. The summed E-state index contributed by atoms with van der Waals surface area (Å²) in [6, 6.07) is 74.2. The molecule has 66 heavy (non-hydrogen) atoms. The first-order chi connectivity index (χ1) is 31.7. The maximum absolute atomic E-state index is 5.20. The molecule has 0 N–H and O–H groups in total. The third-order valence-electron chi connectivity index (χ3n) is 14.3. The van der Waals surface area contributed by atoms with Gasteiger partial charge in [0.1, 0.15) is 0 Å². The highest BCUT2D eigenvalue weighted by atomic mass is 14.9. The van der Waals surface area contributed by atoms with Crippen LogP contribution in [0.4, 0.5) is 0 Å². The van der Waals surface area contributed by atoms with Crippen LogP contribution in [-0.4, -0.2) is 15.0 Å². The van der Waals surface area contributed by atoms with E-state index in [9.17, 15) is 0 Å². The zero-order valence-electron chi connectivity index (χ0n) is 39.5. The van der Waals surface area contributed by atoms with Gasteiger partial charge in [-0.05, 0) is 62.7 Å². The number of pyridine rings is 1.